The first-order valence-corrected chi connectivity index (χ1v) is 18.8. The van der Waals surface area contributed by atoms with Crippen LogP contribution in [-0.2, 0) is 14.1 Å². The van der Waals surface area contributed by atoms with Crippen molar-refractivity contribution in [3.05, 3.63) is 192 Å². The van der Waals surface area contributed by atoms with Crippen LogP contribution in [0.2, 0.25) is 0 Å². The number of rotatable bonds is 6. The van der Waals surface area contributed by atoms with Gasteiger partial charge in [-0.1, -0.05) is 164 Å². The number of fused-ring (bicyclic) bond motifs is 3. The molecule has 5 heteroatoms. The molecule has 56 heavy (non-hydrogen) atoms. The Morgan fingerprint density at radius 2 is 0.750 bits per heavy atom. The topological polar surface area (TPSA) is 52.7 Å². The third-order valence-electron chi connectivity index (χ3n) is 11.0. The zero-order valence-electron chi connectivity index (χ0n) is 31.0. The molecule has 0 radical (unpaired) electrons. The minimum Gasteiger partial charge on any atom is -0.295 e. The first kappa shape index (κ1) is 33.2. The second kappa shape index (κ2) is 13.5. The Labute approximate surface area is 324 Å². The smallest absolute Gasteiger partial charge is 0.295 e. The first-order chi connectivity index (χ1) is 27.5. The second-order valence-electron chi connectivity index (χ2n) is 14.3. The fourth-order valence-electron chi connectivity index (χ4n) is 8.14. The molecule has 0 atom stereocenters. The van der Waals surface area contributed by atoms with Gasteiger partial charge in [-0.25, -0.2) is 14.8 Å². The molecule has 0 fully saturated rings. The van der Waals surface area contributed by atoms with Gasteiger partial charge >= 0.3 is 5.69 Å². The van der Waals surface area contributed by atoms with Crippen LogP contribution in [0.3, 0.4) is 0 Å². The number of aromatic nitrogens is 4. The minimum atomic E-state index is -0.0320. The van der Waals surface area contributed by atoms with Crippen molar-refractivity contribution < 1.29 is 0 Å². The van der Waals surface area contributed by atoms with Gasteiger partial charge in [0.2, 0.25) is 0 Å². The van der Waals surface area contributed by atoms with Crippen LogP contribution in [0.15, 0.2) is 187 Å². The van der Waals surface area contributed by atoms with E-state index in [0.29, 0.717) is 5.82 Å². The van der Waals surface area contributed by atoms with Crippen LogP contribution >= 0.6 is 0 Å². The van der Waals surface area contributed by atoms with Gasteiger partial charge in [0.05, 0.1) is 22.4 Å². The lowest BCUT2D eigenvalue weighted by atomic mass is 9.86. The van der Waals surface area contributed by atoms with E-state index in [2.05, 4.69) is 158 Å². The molecule has 0 bridgehead atoms. The molecular formula is C51H36N4O. The molecule has 0 saturated heterocycles. The Morgan fingerprint density at radius 1 is 0.357 bits per heavy atom. The van der Waals surface area contributed by atoms with Gasteiger partial charge in [-0.2, -0.15) is 0 Å². The van der Waals surface area contributed by atoms with E-state index < -0.39 is 0 Å². The third-order valence-corrected chi connectivity index (χ3v) is 11.0. The third kappa shape index (κ3) is 5.60. The van der Waals surface area contributed by atoms with Crippen LogP contribution in [0.25, 0.3) is 99.9 Å². The van der Waals surface area contributed by atoms with E-state index >= 15 is 0 Å². The predicted octanol–water partition coefficient (Wildman–Crippen LogP) is 12.0. The maximum atomic E-state index is 12.5. The largest absolute Gasteiger partial charge is 0.328 e. The summed E-state index contributed by atoms with van der Waals surface area (Å²) in [4.78, 5) is 22.7. The van der Waals surface area contributed by atoms with E-state index in [4.69, 9.17) is 9.97 Å². The van der Waals surface area contributed by atoms with Gasteiger partial charge < -0.3 is 0 Å². The predicted molar refractivity (Wildman–Crippen MR) is 231 cm³/mol. The molecule has 0 aliphatic rings. The van der Waals surface area contributed by atoms with Crippen molar-refractivity contribution in [2.45, 2.75) is 0 Å². The van der Waals surface area contributed by atoms with E-state index in [-0.39, 0.29) is 5.69 Å². The summed E-state index contributed by atoms with van der Waals surface area (Å²) in [6, 6.07) is 63.9. The summed E-state index contributed by atoms with van der Waals surface area (Å²) in [6.07, 6.45) is 0. The molecule has 266 valence electrons. The molecule has 0 spiro atoms. The summed E-state index contributed by atoms with van der Waals surface area (Å²) >= 11 is 0. The minimum absolute atomic E-state index is 0.0320. The standard InChI is InChI=1S/C51H36N4O/c1-54-46-30-29-39(31-47(46)55(2)51(54)56)33-21-23-34(24-22-33)44-32-45(53-50(52-44)38-15-7-4-8-16-38)35-25-27-37(28-26-35)49-42-19-11-9-17-40(42)48(36-13-5-3-6-14-36)41-18-10-12-20-43(41)49/h3-32H,1-2H3. The van der Waals surface area contributed by atoms with E-state index in [0.717, 1.165) is 55.8 Å². The Bertz CT molecular complexity index is 3090. The van der Waals surface area contributed by atoms with Crippen LogP contribution in [0.4, 0.5) is 0 Å². The lowest BCUT2D eigenvalue weighted by Gasteiger charge is -2.18. The van der Waals surface area contributed by atoms with E-state index in [1.54, 1.807) is 16.2 Å². The van der Waals surface area contributed by atoms with Gasteiger partial charge in [0.25, 0.3) is 0 Å². The van der Waals surface area contributed by atoms with E-state index in [1.807, 2.05) is 31.3 Å². The first-order valence-electron chi connectivity index (χ1n) is 18.8. The number of nitrogens with zero attached hydrogens (tertiary/aromatic N) is 4. The molecule has 0 unspecified atom stereocenters. The number of hydrogen-bond donors (Lipinski definition) is 0. The monoisotopic (exact) mass is 720 g/mol. The number of aryl methyl sites for hydroxylation is 2. The number of imidazole rings is 1. The van der Waals surface area contributed by atoms with Crippen molar-refractivity contribution in [3.8, 4) is 67.3 Å². The highest BCUT2D eigenvalue weighted by molar-refractivity contribution is 6.21. The molecule has 0 aliphatic heterocycles. The lowest BCUT2D eigenvalue weighted by molar-refractivity contribution is 0.795. The fraction of sp³-hybridized carbons (Fsp3) is 0.0392. The van der Waals surface area contributed by atoms with Crippen LogP contribution in [0, 0.1) is 0 Å². The zero-order valence-corrected chi connectivity index (χ0v) is 31.0. The normalized spacial score (nSPS) is 11.5. The summed E-state index contributed by atoms with van der Waals surface area (Å²) in [7, 11) is 3.62. The van der Waals surface area contributed by atoms with Crippen LogP contribution in [0.5, 0.6) is 0 Å². The number of benzene rings is 8. The molecule has 0 amide bonds. The highest BCUT2D eigenvalue weighted by Gasteiger charge is 2.17. The Balaban J connectivity index is 1.06. The molecule has 5 nitrogen and oxygen atoms in total. The van der Waals surface area contributed by atoms with Crippen LogP contribution in [0.1, 0.15) is 0 Å². The molecule has 10 aromatic rings. The molecule has 2 aromatic heterocycles. The van der Waals surface area contributed by atoms with Crippen LogP contribution < -0.4 is 5.69 Å². The highest BCUT2D eigenvalue weighted by Crippen LogP contribution is 2.44. The lowest BCUT2D eigenvalue weighted by Crippen LogP contribution is -2.19. The fourth-order valence-corrected chi connectivity index (χ4v) is 8.14. The van der Waals surface area contributed by atoms with Gasteiger partial charge in [0, 0.05) is 30.8 Å². The van der Waals surface area contributed by atoms with Crippen molar-refractivity contribution in [1.82, 2.24) is 19.1 Å². The average molecular weight is 721 g/mol. The van der Waals surface area contributed by atoms with Crippen molar-refractivity contribution in [1.29, 1.82) is 0 Å². The van der Waals surface area contributed by atoms with Gasteiger partial charge in [-0.05, 0) is 73.1 Å². The van der Waals surface area contributed by atoms with Crippen molar-refractivity contribution >= 4 is 32.6 Å². The van der Waals surface area contributed by atoms with Gasteiger partial charge in [-0.3, -0.25) is 9.13 Å². The summed E-state index contributed by atoms with van der Waals surface area (Å²) < 4.78 is 3.37. The summed E-state index contributed by atoms with van der Waals surface area (Å²) in [6.45, 7) is 0. The summed E-state index contributed by atoms with van der Waals surface area (Å²) in [5.74, 6) is 0.676. The highest BCUT2D eigenvalue weighted by atomic mass is 16.1. The van der Waals surface area contributed by atoms with Crippen molar-refractivity contribution in [2.75, 3.05) is 0 Å². The Kier molecular flexibility index (Phi) is 8.00. The number of hydrogen-bond acceptors (Lipinski definition) is 3. The maximum Gasteiger partial charge on any atom is 0.328 e. The molecular weight excluding hydrogens is 685 g/mol. The SMILES string of the molecule is Cn1c(=O)n(C)c2cc(-c3ccc(-c4cc(-c5ccc(-c6c7ccccc7c(-c7ccccc7)c7ccccc67)cc5)nc(-c5ccccc5)n4)cc3)ccc21. The van der Waals surface area contributed by atoms with E-state index in [1.165, 1.54) is 38.2 Å². The summed E-state index contributed by atoms with van der Waals surface area (Å²) in [5.41, 5.74) is 13.4. The average Bonchev–Trinajstić information content (AvgIpc) is 3.48. The molecule has 8 aromatic carbocycles. The molecule has 0 saturated carbocycles. The zero-order chi connectivity index (χ0) is 37.8. The molecule has 10 rings (SSSR count). The van der Waals surface area contributed by atoms with Crippen molar-refractivity contribution in [2.24, 2.45) is 14.1 Å². The van der Waals surface area contributed by atoms with Gasteiger partial charge in [0.1, 0.15) is 0 Å². The molecule has 0 aliphatic carbocycles. The Hall–Kier alpha value is -7.37. The summed E-state index contributed by atoms with van der Waals surface area (Å²) in [5, 5.41) is 4.93. The molecule has 0 N–H and O–H groups in total. The maximum absolute atomic E-state index is 12.5. The Morgan fingerprint density at radius 3 is 1.27 bits per heavy atom. The second-order valence-corrected chi connectivity index (χ2v) is 14.3. The van der Waals surface area contributed by atoms with E-state index in [9.17, 15) is 4.79 Å². The van der Waals surface area contributed by atoms with Crippen LogP contribution in [-0.4, -0.2) is 19.1 Å². The quantitative estimate of drug-likeness (QED) is 0.161. The van der Waals surface area contributed by atoms with Gasteiger partial charge in [-0.15, -0.1) is 0 Å². The molecule has 2 heterocycles. The van der Waals surface area contributed by atoms with Crippen molar-refractivity contribution in [3.63, 3.8) is 0 Å². The van der Waals surface area contributed by atoms with Gasteiger partial charge in [0.15, 0.2) is 5.82 Å².